The molecule has 0 bridgehead atoms. The number of pyridine rings is 1. The molecular formula is C12H8Cl2N4O3. The molecule has 0 fully saturated rings. The van der Waals surface area contributed by atoms with Crippen LogP contribution in [0.25, 0.3) is 0 Å². The Kier molecular flexibility index (Phi) is 4.25. The van der Waals surface area contributed by atoms with E-state index in [1.807, 2.05) is 0 Å². The SMILES string of the molecule is N=C(N)c1cc(Oc2cc(Cl)c(Cl)cc2[N+](=O)[O-])ccn1. The van der Waals surface area contributed by atoms with Gasteiger partial charge in [0.05, 0.1) is 15.0 Å². The summed E-state index contributed by atoms with van der Waals surface area (Å²) in [7, 11) is 0. The van der Waals surface area contributed by atoms with Gasteiger partial charge in [0.1, 0.15) is 17.3 Å². The molecule has 0 amide bonds. The minimum absolute atomic E-state index is 0.0508. The molecular weight excluding hydrogens is 319 g/mol. The average molecular weight is 327 g/mol. The van der Waals surface area contributed by atoms with E-state index < -0.39 is 4.92 Å². The van der Waals surface area contributed by atoms with Crippen LogP contribution in [0.15, 0.2) is 30.5 Å². The van der Waals surface area contributed by atoms with E-state index in [4.69, 9.17) is 39.1 Å². The van der Waals surface area contributed by atoms with Gasteiger partial charge in [-0.3, -0.25) is 20.5 Å². The summed E-state index contributed by atoms with van der Waals surface area (Å²) < 4.78 is 5.42. The highest BCUT2D eigenvalue weighted by atomic mass is 35.5. The van der Waals surface area contributed by atoms with Crippen LogP contribution in [0, 0.1) is 15.5 Å². The van der Waals surface area contributed by atoms with E-state index in [0.29, 0.717) is 0 Å². The van der Waals surface area contributed by atoms with Crippen LogP contribution in [-0.2, 0) is 0 Å². The fourth-order valence-corrected chi connectivity index (χ4v) is 1.80. The number of hydrogen-bond donors (Lipinski definition) is 2. The number of halogens is 2. The molecule has 0 unspecified atom stereocenters. The highest BCUT2D eigenvalue weighted by Gasteiger charge is 2.19. The number of nitro groups is 1. The van der Waals surface area contributed by atoms with Gasteiger partial charge in [0, 0.05) is 24.4 Å². The van der Waals surface area contributed by atoms with Crippen molar-refractivity contribution in [3.8, 4) is 11.5 Å². The maximum absolute atomic E-state index is 11.0. The smallest absolute Gasteiger partial charge is 0.313 e. The first kappa shape index (κ1) is 15.0. The van der Waals surface area contributed by atoms with Gasteiger partial charge in [0.2, 0.25) is 5.75 Å². The molecule has 0 aliphatic rings. The number of nitrogen functional groups attached to an aromatic ring is 1. The molecule has 0 radical (unpaired) electrons. The third kappa shape index (κ3) is 3.39. The largest absolute Gasteiger partial charge is 0.450 e. The molecule has 0 atom stereocenters. The van der Waals surface area contributed by atoms with Gasteiger partial charge in [-0.2, -0.15) is 0 Å². The molecule has 2 aromatic rings. The molecule has 1 heterocycles. The van der Waals surface area contributed by atoms with Crippen LogP contribution in [0.3, 0.4) is 0 Å². The molecule has 0 saturated carbocycles. The lowest BCUT2D eigenvalue weighted by atomic mass is 10.3. The van der Waals surface area contributed by atoms with Crippen molar-refractivity contribution in [3.05, 3.63) is 56.3 Å². The first-order chi connectivity index (χ1) is 9.88. The first-order valence-corrected chi connectivity index (χ1v) is 6.26. The van der Waals surface area contributed by atoms with Crippen molar-refractivity contribution in [2.24, 2.45) is 5.73 Å². The van der Waals surface area contributed by atoms with Gasteiger partial charge in [-0.05, 0) is 6.07 Å². The third-order valence-electron chi connectivity index (χ3n) is 2.43. The van der Waals surface area contributed by atoms with E-state index in [9.17, 15) is 10.1 Å². The number of aromatic nitrogens is 1. The van der Waals surface area contributed by atoms with Crippen LogP contribution in [0.4, 0.5) is 5.69 Å². The second-order valence-corrected chi connectivity index (χ2v) is 4.70. The van der Waals surface area contributed by atoms with Crippen molar-refractivity contribution in [3.63, 3.8) is 0 Å². The first-order valence-electron chi connectivity index (χ1n) is 5.50. The Hall–Kier alpha value is -2.38. The number of nitrogens with one attached hydrogen (secondary N) is 1. The van der Waals surface area contributed by atoms with Gasteiger partial charge in [-0.1, -0.05) is 23.2 Å². The number of hydrogen-bond acceptors (Lipinski definition) is 5. The number of benzene rings is 1. The molecule has 2 rings (SSSR count). The predicted molar refractivity (Wildman–Crippen MR) is 78.4 cm³/mol. The highest BCUT2D eigenvalue weighted by molar-refractivity contribution is 6.42. The summed E-state index contributed by atoms with van der Waals surface area (Å²) in [6.45, 7) is 0. The Morgan fingerprint density at radius 3 is 2.62 bits per heavy atom. The van der Waals surface area contributed by atoms with Crippen molar-refractivity contribution in [2.75, 3.05) is 0 Å². The molecule has 0 spiro atoms. The molecule has 108 valence electrons. The van der Waals surface area contributed by atoms with Gasteiger partial charge < -0.3 is 10.5 Å². The third-order valence-corrected chi connectivity index (χ3v) is 3.16. The zero-order chi connectivity index (χ0) is 15.6. The lowest BCUT2D eigenvalue weighted by molar-refractivity contribution is -0.385. The zero-order valence-electron chi connectivity index (χ0n) is 10.3. The molecule has 1 aromatic carbocycles. The second-order valence-electron chi connectivity index (χ2n) is 3.88. The maximum atomic E-state index is 11.0. The zero-order valence-corrected chi connectivity index (χ0v) is 11.9. The number of nitrogens with zero attached hydrogens (tertiary/aromatic N) is 2. The van der Waals surface area contributed by atoms with Gasteiger partial charge in [-0.15, -0.1) is 0 Å². The quantitative estimate of drug-likeness (QED) is 0.386. The molecule has 0 saturated heterocycles. The van der Waals surface area contributed by atoms with E-state index in [1.165, 1.54) is 24.4 Å². The Labute approximate surface area is 128 Å². The summed E-state index contributed by atoms with van der Waals surface area (Å²) in [5, 5.41) is 18.5. The lowest BCUT2D eigenvalue weighted by Gasteiger charge is -2.08. The molecule has 3 N–H and O–H groups in total. The maximum Gasteiger partial charge on any atom is 0.313 e. The Morgan fingerprint density at radius 2 is 2.00 bits per heavy atom. The van der Waals surface area contributed by atoms with Crippen molar-refractivity contribution in [1.29, 1.82) is 5.41 Å². The summed E-state index contributed by atoms with van der Waals surface area (Å²) in [5.74, 6) is -0.0871. The summed E-state index contributed by atoms with van der Waals surface area (Å²) in [4.78, 5) is 14.2. The van der Waals surface area contributed by atoms with Gasteiger partial charge in [-0.25, -0.2) is 0 Å². The molecule has 0 aliphatic heterocycles. The van der Waals surface area contributed by atoms with Crippen LogP contribution in [0.1, 0.15) is 5.69 Å². The minimum atomic E-state index is -0.634. The average Bonchev–Trinajstić information content (AvgIpc) is 2.42. The van der Waals surface area contributed by atoms with Crippen molar-refractivity contribution < 1.29 is 9.66 Å². The monoisotopic (exact) mass is 326 g/mol. The molecule has 1 aromatic heterocycles. The van der Waals surface area contributed by atoms with Crippen molar-refractivity contribution >= 4 is 34.7 Å². The van der Waals surface area contributed by atoms with Gasteiger partial charge in [0.15, 0.2) is 0 Å². The molecule has 9 heteroatoms. The summed E-state index contributed by atoms with van der Waals surface area (Å²) in [6, 6.07) is 5.20. The Balaban J connectivity index is 2.43. The lowest BCUT2D eigenvalue weighted by Crippen LogP contribution is -2.12. The molecule has 21 heavy (non-hydrogen) atoms. The molecule has 0 aliphatic carbocycles. The summed E-state index contributed by atoms with van der Waals surface area (Å²) in [6.07, 6.45) is 1.37. The normalized spacial score (nSPS) is 10.2. The Bertz CT molecular complexity index is 736. The number of amidine groups is 1. The number of nitrogens with two attached hydrogens (primary N) is 1. The Morgan fingerprint density at radius 1 is 1.33 bits per heavy atom. The summed E-state index contributed by atoms with van der Waals surface area (Å²) >= 11 is 11.6. The van der Waals surface area contributed by atoms with Crippen molar-refractivity contribution in [1.82, 2.24) is 4.98 Å². The fourth-order valence-electron chi connectivity index (χ4n) is 1.49. The topological polar surface area (TPSA) is 115 Å². The van der Waals surface area contributed by atoms with E-state index in [-0.39, 0.29) is 38.8 Å². The fraction of sp³-hybridized carbons (Fsp3) is 0. The predicted octanol–water partition coefficient (Wildman–Crippen LogP) is 3.37. The van der Waals surface area contributed by atoms with Crippen LogP contribution < -0.4 is 10.5 Å². The van der Waals surface area contributed by atoms with E-state index in [0.717, 1.165) is 6.07 Å². The minimum Gasteiger partial charge on any atom is -0.450 e. The number of ether oxygens (including phenoxy) is 1. The van der Waals surface area contributed by atoms with Crippen molar-refractivity contribution in [2.45, 2.75) is 0 Å². The van der Waals surface area contributed by atoms with Gasteiger partial charge in [0.25, 0.3) is 0 Å². The highest BCUT2D eigenvalue weighted by Crippen LogP contribution is 2.37. The van der Waals surface area contributed by atoms with Crippen LogP contribution in [-0.4, -0.2) is 15.7 Å². The standard InChI is InChI=1S/C12H8Cl2N4O3/c13-7-4-10(18(19)20)11(5-8(7)14)21-6-1-2-17-9(3-6)12(15)16/h1-5H,(H3,15,16). The molecule has 7 nitrogen and oxygen atoms in total. The summed E-state index contributed by atoms with van der Waals surface area (Å²) in [5.41, 5.74) is 5.18. The van der Waals surface area contributed by atoms with E-state index >= 15 is 0 Å². The number of rotatable bonds is 4. The van der Waals surface area contributed by atoms with Crippen LogP contribution in [0.5, 0.6) is 11.5 Å². The van der Waals surface area contributed by atoms with Crippen LogP contribution in [0.2, 0.25) is 10.0 Å². The van der Waals surface area contributed by atoms with Gasteiger partial charge >= 0.3 is 5.69 Å². The van der Waals surface area contributed by atoms with Crippen LogP contribution >= 0.6 is 23.2 Å². The van der Waals surface area contributed by atoms with E-state index in [1.54, 1.807) is 0 Å². The number of nitro benzene ring substituents is 1. The second kappa shape index (κ2) is 5.94. The van der Waals surface area contributed by atoms with E-state index in [2.05, 4.69) is 4.98 Å².